The highest BCUT2D eigenvalue weighted by Gasteiger charge is 2.19. The monoisotopic (exact) mass is 386 g/mol. The molecular weight excluding hydrogens is 368 g/mol. The number of aromatic hydroxyl groups is 1. The minimum atomic E-state index is 0.0381. The molecule has 0 aliphatic carbocycles. The summed E-state index contributed by atoms with van der Waals surface area (Å²) in [6.45, 7) is 2.97. The van der Waals surface area contributed by atoms with Crippen LogP contribution in [-0.2, 0) is 4.79 Å². The smallest absolute Gasteiger partial charge is 0.246 e. The van der Waals surface area contributed by atoms with Crippen molar-refractivity contribution >= 4 is 33.6 Å². The highest BCUT2D eigenvalue weighted by atomic mass is 79.9. The molecule has 2 aromatic rings. The van der Waals surface area contributed by atoms with Crippen molar-refractivity contribution in [3.05, 3.63) is 64.6 Å². The molecule has 1 heterocycles. The summed E-state index contributed by atoms with van der Waals surface area (Å²) in [7, 11) is 0. The third-order valence-electron chi connectivity index (χ3n) is 4.12. The number of rotatable bonds is 3. The Hall–Kier alpha value is -2.27. The fourth-order valence-corrected chi connectivity index (χ4v) is 3.14. The minimum Gasteiger partial charge on any atom is -0.508 e. The van der Waals surface area contributed by atoms with Crippen LogP contribution in [0.25, 0.3) is 6.08 Å². The van der Waals surface area contributed by atoms with Crippen LogP contribution in [0.5, 0.6) is 5.75 Å². The van der Waals surface area contributed by atoms with Crippen LogP contribution >= 0.6 is 15.9 Å². The first-order chi connectivity index (χ1) is 11.6. The molecular formula is C19H19BrN2O2. The fourth-order valence-electron chi connectivity index (χ4n) is 2.73. The zero-order chi connectivity index (χ0) is 16.9. The molecule has 24 heavy (non-hydrogen) atoms. The third-order valence-corrected chi connectivity index (χ3v) is 4.84. The summed E-state index contributed by atoms with van der Waals surface area (Å²) in [6.07, 6.45) is 3.48. The van der Waals surface area contributed by atoms with Crippen LogP contribution in [0.4, 0.5) is 5.69 Å². The van der Waals surface area contributed by atoms with Gasteiger partial charge in [0, 0.05) is 42.4 Å². The van der Waals surface area contributed by atoms with Gasteiger partial charge in [0.05, 0.1) is 0 Å². The van der Waals surface area contributed by atoms with Gasteiger partial charge in [-0.25, -0.2) is 0 Å². The molecule has 0 radical (unpaired) electrons. The summed E-state index contributed by atoms with van der Waals surface area (Å²) in [4.78, 5) is 16.4. The molecule has 0 bridgehead atoms. The van der Waals surface area contributed by atoms with Gasteiger partial charge in [-0.05, 0) is 42.0 Å². The van der Waals surface area contributed by atoms with Crippen molar-refractivity contribution in [3.8, 4) is 5.75 Å². The molecule has 0 atom stereocenters. The summed E-state index contributed by atoms with van der Waals surface area (Å²) in [6, 6.07) is 15.0. The van der Waals surface area contributed by atoms with E-state index in [0.717, 1.165) is 28.8 Å². The first-order valence-electron chi connectivity index (χ1n) is 7.89. The first-order valence-corrected chi connectivity index (χ1v) is 8.68. The first kappa shape index (κ1) is 16.6. The maximum atomic E-state index is 12.3. The molecule has 1 fully saturated rings. The number of anilines is 1. The van der Waals surface area contributed by atoms with Crippen LogP contribution in [0.2, 0.25) is 0 Å². The van der Waals surface area contributed by atoms with Gasteiger partial charge in [0.1, 0.15) is 5.75 Å². The third kappa shape index (κ3) is 3.97. The van der Waals surface area contributed by atoms with E-state index in [1.807, 2.05) is 47.4 Å². The number of hydrogen-bond acceptors (Lipinski definition) is 3. The maximum Gasteiger partial charge on any atom is 0.246 e. The molecule has 3 rings (SSSR count). The minimum absolute atomic E-state index is 0.0381. The van der Waals surface area contributed by atoms with E-state index in [9.17, 15) is 9.90 Å². The lowest BCUT2D eigenvalue weighted by molar-refractivity contribution is -0.126. The normalized spacial score (nSPS) is 15.0. The van der Waals surface area contributed by atoms with Crippen LogP contribution in [0.3, 0.4) is 0 Å². The molecule has 1 amide bonds. The number of piperazine rings is 1. The van der Waals surface area contributed by atoms with E-state index in [1.54, 1.807) is 18.2 Å². The van der Waals surface area contributed by atoms with E-state index < -0.39 is 0 Å². The maximum absolute atomic E-state index is 12.3. The van der Waals surface area contributed by atoms with Gasteiger partial charge in [0.2, 0.25) is 5.91 Å². The van der Waals surface area contributed by atoms with Gasteiger partial charge >= 0.3 is 0 Å². The largest absolute Gasteiger partial charge is 0.508 e. The Morgan fingerprint density at radius 1 is 1.00 bits per heavy atom. The van der Waals surface area contributed by atoms with E-state index >= 15 is 0 Å². The highest BCUT2D eigenvalue weighted by Crippen LogP contribution is 2.20. The highest BCUT2D eigenvalue weighted by molar-refractivity contribution is 9.10. The van der Waals surface area contributed by atoms with E-state index in [4.69, 9.17) is 0 Å². The Morgan fingerprint density at radius 2 is 1.67 bits per heavy atom. The molecule has 0 saturated carbocycles. The Bertz CT molecular complexity index is 735. The number of phenolic OH excluding ortho intramolecular Hbond substituents is 1. The van der Waals surface area contributed by atoms with Gasteiger partial charge in [-0.15, -0.1) is 0 Å². The van der Waals surface area contributed by atoms with E-state index in [-0.39, 0.29) is 11.7 Å². The Kier molecular flexibility index (Phi) is 5.20. The van der Waals surface area contributed by atoms with Gasteiger partial charge in [-0.2, -0.15) is 0 Å². The standard InChI is InChI=1S/C19H19BrN2O2/c20-18-4-2-1-3-15(18)5-10-19(24)22-13-11-21(12-14-22)16-6-8-17(23)9-7-16/h1-10,23H,11-14H2/b10-5+. The lowest BCUT2D eigenvalue weighted by Gasteiger charge is -2.35. The van der Waals surface area contributed by atoms with Crippen LogP contribution in [0.15, 0.2) is 59.1 Å². The van der Waals surface area contributed by atoms with Crippen LogP contribution in [0.1, 0.15) is 5.56 Å². The molecule has 1 saturated heterocycles. The second-order valence-corrected chi connectivity index (χ2v) is 6.54. The van der Waals surface area contributed by atoms with Crippen molar-refractivity contribution in [1.29, 1.82) is 0 Å². The summed E-state index contributed by atoms with van der Waals surface area (Å²) >= 11 is 3.48. The molecule has 1 aliphatic rings. The molecule has 1 N–H and O–H groups in total. The number of halogens is 1. The molecule has 5 heteroatoms. The van der Waals surface area contributed by atoms with Crippen molar-refractivity contribution in [2.45, 2.75) is 0 Å². The summed E-state index contributed by atoms with van der Waals surface area (Å²) in [5.41, 5.74) is 2.07. The van der Waals surface area contributed by atoms with Gasteiger partial charge in [0.25, 0.3) is 0 Å². The second kappa shape index (κ2) is 7.53. The van der Waals surface area contributed by atoms with E-state index in [0.29, 0.717) is 13.1 Å². The Balaban J connectivity index is 1.57. The number of carbonyl (C=O) groups is 1. The lowest BCUT2D eigenvalue weighted by Crippen LogP contribution is -2.48. The Labute approximate surface area is 150 Å². The van der Waals surface area contributed by atoms with Crippen molar-refractivity contribution in [2.75, 3.05) is 31.1 Å². The van der Waals surface area contributed by atoms with Gasteiger partial charge < -0.3 is 14.9 Å². The van der Waals surface area contributed by atoms with Crippen LogP contribution < -0.4 is 4.90 Å². The SMILES string of the molecule is O=C(/C=C/c1ccccc1Br)N1CCN(c2ccc(O)cc2)CC1. The second-order valence-electron chi connectivity index (χ2n) is 5.68. The quantitative estimate of drug-likeness (QED) is 0.820. The zero-order valence-corrected chi connectivity index (χ0v) is 14.8. The summed E-state index contributed by atoms with van der Waals surface area (Å²) in [5, 5.41) is 9.36. The number of amides is 1. The zero-order valence-electron chi connectivity index (χ0n) is 13.2. The number of carbonyl (C=O) groups excluding carboxylic acids is 1. The van der Waals surface area contributed by atoms with Crippen molar-refractivity contribution in [2.24, 2.45) is 0 Å². The molecule has 0 unspecified atom stereocenters. The predicted molar refractivity (Wildman–Crippen MR) is 100 cm³/mol. The van der Waals surface area contributed by atoms with Crippen molar-refractivity contribution in [1.82, 2.24) is 4.90 Å². The summed E-state index contributed by atoms with van der Waals surface area (Å²) < 4.78 is 0.978. The van der Waals surface area contributed by atoms with E-state index in [2.05, 4.69) is 20.8 Å². The number of benzene rings is 2. The van der Waals surface area contributed by atoms with Gasteiger partial charge in [0.15, 0.2) is 0 Å². The lowest BCUT2D eigenvalue weighted by atomic mass is 10.2. The average Bonchev–Trinajstić information content (AvgIpc) is 2.62. The summed E-state index contributed by atoms with van der Waals surface area (Å²) in [5.74, 6) is 0.306. The van der Waals surface area contributed by atoms with Crippen molar-refractivity contribution in [3.63, 3.8) is 0 Å². The molecule has 4 nitrogen and oxygen atoms in total. The predicted octanol–water partition coefficient (Wildman–Crippen LogP) is 3.52. The van der Waals surface area contributed by atoms with Crippen LogP contribution in [0, 0.1) is 0 Å². The fraction of sp³-hybridized carbons (Fsp3) is 0.211. The molecule has 2 aromatic carbocycles. The number of nitrogens with zero attached hydrogens (tertiary/aromatic N) is 2. The molecule has 0 aromatic heterocycles. The Morgan fingerprint density at radius 3 is 2.33 bits per heavy atom. The molecule has 1 aliphatic heterocycles. The topological polar surface area (TPSA) is 43.8 Å². The van der Waals surface area contributed by atoms with Gasteiger partial charge in [-0.1, -0.05) is 34.1 Å². The van der Waals surface area contributed by atoms with Gasteiger partial charge in [-0.3, -0.25) is 4.79 Å². The number of phenols is 1. The number of hydrogen-bond donors (Lipinski definition) is 1. The van der Waals surface area contributed by atoms with Crippen molar-refractivity contribution < 1.29 is 9.90 Å². The molecule has 124 valence electrons. The van der Waals surface area contributed by atoms with E-state index in [1.165, 1.54) is 0 Å². The van der Waals surface area contributed by atoms with Crippen LogP contribution in [-0.4, -0.2) is 42.1 Å². The average molecular weight is 387 g/mol. The molecule has 0 spiro atoms.